The van der Waals surface area contributed by atoms with E-state index in [0.717, 1.165) is 12.5 Å². The van der Waals surface area contributed by atoms with Gasteiger partial charge in [-0.25, -0.2) is 8.42 Å². The molecule has 0 amide bonds. The maximum Gasteiger partial charge on any atom is 0.216 e. The van der Waals surface area contributed by atoms with E-state index >= 15 is 0 Å². The Balaban J connectivity index is 1.70. The molecule has 4 nitrogen and oxygen atoms in total. The highest BCUT2D eigenvalue weighted by molar-refractivity contribution is 8.01. The topological polar surface area (TPSA) is 40.6 Å². The van der Waals surface area contributed by atoms with E-state index in [1.807, 2.05) is 11.8 Å². The van der Waals surface area contributed by atoms with Gasteiger partial charge in [0.05, 0.1) is 5.75 Å². The molecule has 4 atom stereocenters. The molecular weight excluding hydrogens is 352 g/mol. The molecule has 4 unspecified atom stereocenters. The molecule has 0 bridgehead atoms. The van der Waals surface area contributed by atoms with Crippen LogP contribution in [0.1, 0.15) is 46.5 Å². The molecule has 134 valence electrons. The Morgan fingerprint density at radius 2 is 1.96 bits per heavy atom. The zero-order valence-corrected chi connectivity index (χ0v) is 16.8. The Morgan fingerprint density at radius 1 is 1.22 bits per heavy atom. The van der Waals surface area contributed by atoms with Crippen LogP contribution >= 0.6 is 23.4 Å². The van der Waals surface area contributed by atoms with Gasteiger partial charge in [-0.2, -0.15) is 4.31 Å². The van der Waals surface area contributed by atoms with Crippen molar-refractivity contribution in [2.24, 2.45) is 11.3 Å². The lowest BCUT2D eigenvalue weighted by Crippen LogP contribution is -2.43. The number of nitrogens with zero attached hydrogens (tertiary/aromatic N) is 2. The Hall–Kier alpha value is 0.510. The molecular formula is C16H29ClN2O2S2. The summed E-state index contributed by atoms with van der Waals surface area (Å²) in [5.74, 6) is 1.34. The summed E-state index contributed by atoms with van der Waals surface area (Å²) in [5, 5.41) is 0.587. The van der Waals surface area contributed by atoms with Gasteiger partial charge in [-0.05, 0) is 37.0 Å². The average Bonchev–Trinajstić information content (AvgIpc) is 3.02. The summed E-state index contributed by atoms with van der Waals surface area (Å²) >= 11 is 7.58. The van der Waals surface area contributed by atoms with E-state index in [9.17, 15) is 8.42 Å². The third-order valence-electron chi connectivity index (χ3n) is 5.71. The molecule has 3 rings (SSSR count). The third kappa shape index (κ3) is 3.57. The summed E-state index contributed by atoms with van der Waals surface area (Å²) < 4.78 is 26.9. The van der Waals surface area contributed by atoms with E-state index in [-0.39, 0.29) is 11.3 Å². The fourth-order valence-electron chi connectivity index (χ4n) is 4.29. The van der Waals surface area contributed by atoms with Crippen LogP contribution in [0.3, 0.4) is 0 Å². The van der Waals surface area contributed by atoms with E-state index in [1.165, 1.54) is 19.3 Å². The van der Waals surface area contributed by atoms with Crippen LogP contribution in [0.4, 0.5) is 0 Å². The number of hydrogen-bond donors (Lipinski definition) is 0. The average molecular weight is 381 g/mol. The fourth-order valence-corrected chi connectivity index (χ4v) is 8.41. The molecule has 0 radical (unpaired) electrons. The lowest BCUT2D eigenvalue weighted by atomic mass is 9.71. The molecule has 0 aromatic carbocycles. The summed E-state index contributed by atoms with van der Waals surface area (Å²) in [6.45, 7) is 8.54. The SMILES string of the molecule is CC(C)(C)C1CCC2C(C1)SC1N2CCN1S(=O)(=O)CCCCl. The molecule has 1 aliphatic carbocycles. The largest absolute Gasteiger partial charge is 0.273 e. The maximum absolute atomic E-state index is 12.6. The van der Waals surface area contributed by atoms with Crippen LogP contribution < -0.4 is 0 Å². The Kier molecular flexibility index (Phi) is 5.31. The van der Waals surface area contributed by atoms with Crippen LogP contribution in [0.2, 0.25) is 0 Å². The van der Waals surface area contributed by atoms with Crippen molar-refractivity contribution in [3.8, 4) is 0 Å². The minimum atomic E-state index is -3.17. The molecule has 7 heteroatoms. The number of halogens is 1. The highest BCUT2D eigenvalue weighted by Gasteiger charge is 2.53. The highest BCUT2D eigenvalue weighted by Crippen LogP contribution is 2.51. The molecule has 3 fully saturated rings. The van der Waals surface area contributed by atoms with Crippen molar-refractivity contribution in [3.05, 3.63) is 0 Å². The summed E-state index contributed by atoms with van der Waals surface area (Å²) in [7, 11) is -3.17. The van der Waals surface area contributed by atoms with Gasteiger partial charge in [0.15, 0.2) is 0 Å². The summed E-state index contributed by atoms with van der Waals surface area (Å²) in [4.78, 5) is 2.45. The quantitative estimate of drug-likeness (QED) is 0.702. The normalized spacial score (nSPS) is 36.2. The van der Waals surface area contributed by atoms with Gasteiger partial charge in [-0.15, -0.1) is 23.4 Å². The van der Waals surface area contributed by atoms with Crippen molar-refractivity contribution in [2.45, 2.75) is 63.2 Å². The predicted molar refractivity (Wildman–Crippen MR) is 98.3 cm³/mol. The number of fused-ring (bicyclic) bond motifs is 3. The first-order chi connectivity index (χ1) is 10.7. The smallest absolute Gasteiger partial charge is 0.216 e. The van der Waals surface area contributed by atoms with Crippen LogP contribution in [-0.4, -0.2) is 59.1 Å². The first-order valence-electron chi connectivity index (χ1n) is 8.71. The Morgan fingerprint density at radius 3 is 2.61 bits per heavy atom. The van der Waals surface area contributed by atoms with Gasteiger partial charge >= 0.3 is 0 Å². The van der Waals surface area contributed by atoms with Crippen LogP contribution in [0.5, 0.6) is 0 Å². The van der Waals surface area contributed by atoms with Gasteiger partial charge in [0, 0.05) is 30.3 Å². The predicted octanol–water partition coefficient (Wildman–Crippen LogP) is 3.18. The second kappa shape index (κ2) is 6.67. The molecule has 0 spiro atoms. The fraction of sp³-hybridized carbons (Fsp3) is 1.00. The summed E-state index contributed by atoms with van der Waals surface area (Å²) in [6.07, 6.45) is 4.25. The highest BCUT2D eigenvalue weighted by atomic mass is 35.5. The minimum absolute atomic E-state index is 0.0315. The first-order valence-corrected chi connectivity index (χ1v) is 11.8. The van der Waals surface area contributed by atoms with Crippen LogP contribution in [0, 0.1) is 11.3 Å². The van der Waals surface area contributed by atoms with Crippen LogP contribution in [0.15, 0.2) is 0 Å². The number of hydrogen-bond acceptors (Lipinski definition) is 4. The maximum atomic E-state index is 12.6. The molecule has 2 aliphatic heterocycles. The van der Waals surface area contributed by atoms with E-state index in [4.69, 9.17) is 11.6 Å². The molecule has 23 heavy (non-hydrogen) atoms. The number of rotatable bonds is 4. The molecule has 2 saturated heterocycles. The van der Waals surface area contributed by atoms with Crippen molar-refractivity contribution in [2.75, 3.05) is 24.7 Å². The number of sulfonamides is 1. The lowest BCUT2D eigenvalue weighted by molar-refractivity contribution is 0.118. The van der Waals surface area contributed by atoms with Gasteiger partial charge < -0.3 is 0 Å². The van der Waals surface area contributed by atoms with Crippen molar-refractivity contribution >= 4 is 33.4 Å². The monoisotopic (exact) mass is 380 g/mol. The minimum Gasteiger partial charge on any atom is -0.273 e. The summed E-state index contributed by atoms with van der Waals surface area (Å²) in [6, 6.07) is 0.567. The van der Waals surface area contributed by atoms with E-state index in [2.05, 4.69) is 25.7 Å². The Labute approximate surface area is 150 Å². The Bertz CT molecular complexity index is 535. The zero-order chi connectivity index (χ0) is 16.8. The van der Waals surface area contributed by atoms with Gasteiger partial charge in [-0.3, -0.25) is 4.90 Å². The number of alkyl halides is 1. The molecule has 2 heterocycles. The molecule has 0 aromatic heterocycles. The second-order valence-electron chi connectivity index (χ2n) is 8.15. The van der Waals surface area contributed by atoms with Crippen molar-refractivity contribution in [1.82, 2.24) is 9.21 Å². The summed E-state index contributed by atoms with van der Waals surface area (Å²) in [5.41, 5.74) is 0.383. The van der Waals surface area contributed by atoms with E-state index in [1.54, 1.807) is 4.31 Å². The van der Waals surface area contributed by atoms with Gasteiger partial charge in [0.1, 0.15) is 5.50 Å². The van der Waals surface area contributed by atoms with Gasteiger partial charge in [0.25, 0.3) is 0 Å². The van der Waals surface area contributed by atoms with Gasteiger partial charge in [-0.1, -0.05) is 20.8 Å². The molecule has 3 aliphatic rings. The van der Waals surface area contributed by atoms with E-state index in [0.29, 0.717) is 35.6 Å². The first kappa shape index (κ1) is 18.3. The number of thioether (sulfide) groups is 1. The van der Waals surface area contributed by atoms with Crippen molar-refractivity contribution in [3.63, 3.8) is 0 Å². The standard InChI is InChI=1S/C16H29ClN2O2S2/c1-16(2,3)12-5-6-13-14(11-12)22-15-18(13)8-9-19(15)23(20,21)10-4-7-17/h12-15H,4-11H2,1-3H3. The molecule has 0 N–H and O–H groups in total. The third-order valence-corrected chi connectivity index (χ3v) is 9.63. The second-order valence-corrected chi connectivity index (χ2v) is 11.9. The van der Waals surface area contributed by atoms with Crippen molar-refractivity contribution in [1.29, 1.82) is 0 Å². The lowest BCUT2D eigenvalue weighted by Gasteiger charge is -2.40. The zero-order valence-electron chi connectivity index (χ0n) is 14.4. The van der Waals surface area contributed by atoms with Crippen LogP contribution in [-0.2, 0) is 10.0 Å². The molecule has 0 aromatic rings. The molecule has 1 saturated carbocycles. The van der Waals surface area contributed by atoms with Crippen LogP contribution in [0.25, 0.3) is 0 Å². The van der Waals surface area contributed by atoms with Gasteiger partial charge in [0.2, 0.25) is 10.0 Å². The van der Waals surface area contributed by atoms with E-state index < -0.39 is 10.0 Å². The van der Waals surface area contributed by atoms with Crippen molar-refractivity contribution < 1.29 is 8.42 Å².